The number of nitrogens with one attached hydrogen (secondary N) is 1. The van der Waals surface area contributed by atoms with E-state index in [1.54, 1.807) is 0 Å². The normalized spacial score (nSPS) is 33.7. The van der Waals surface area contributed by atoms with Gasteiger partial charge in [-0.05, 0) is 93.1 Å². The Balaban J connectivity index is 1.13. The molecule has 29 heavy (non-hydrogen) atoms. The highest BCUT2D eigenvalue weighted by Crippen LogP contribution is 2.59. The van der Waals surface area contributed by atoms with Crippen molar-refractivity contribution < 1.29 is 9.59 Å². The molecule has 5 aliphatic rings. The largest absolute Gasteiger partial charge is 0.355 e. The van der Waals surface area contributed by atoms with Crippen LogP contribution >= 0.6 is 0 Å². The van der Waals surface area contributed by atoms with Crippen molar-refractivity contribution >= 4 is 11.8 Å². The molecule has 4 heteroatoms. The van der Waals surface area contributed by atoms with Crippen molar-refractivity contribution in [1.82, 2.24) is 10.2 Å². The number of likely N-dealkylation sites (tertiary alicyclic amines) is 1. The molecule has 1 aromatic carbocycles. The Labute approximate surface area is 174 Å². The first kappa shape index (κ1) is 19.1. The number of nitrogens with zero attached hydrogens (tertiary/aromatic N) is 1. The minimum atomic E-state index is 0.0600. The highest BCUT2D eigenvalue weighted by atomic mass is 16.2. The van der Waals surface area contributed by atoms with Gasteiger partial charge in [-0.3, -0.25) is 9.59 Å². The number of rotatable bonds is 4. The van der Waals surface area contributed by atoms with E-state index in [1.165, 1.54) is 38.5 Å². The van der Waals surface area contributed by atoms with Crippen molar-refractivity contribution in [1.29, 1.82) is 0 Å². The summed E-state index contributed by atoms with van der Waals surface area (Å²) in [6.07, 6.45) is 9.91. The summed E-state index contributed by atoms with van der Waals surface area (Å²) in [4.78, 5) is 27.6. The standard InChI is InChI=1S/C25H34N2O2/c1-17-4-2-3-5-22(17)24(29)27-8-6-21(7-9-27)23(28)26-16-25-13-18-10-19(14-25)12-20(11-18)15-25/h2-5,18-21H,6-16H2,1H3,(H,26,28). The predicted molar refractivity (Wildman–Crippen MR) is 113 cm³/mol. The van der Waals surface area contributed by atoms with E-state index in [1.807, 2.05) is 36.1 Å². The zero-order valence-electron chi connectivity index (χ0n) is 17.7. The molecule has 156 valence electrons. The highest BCUT2D eigenvalue weighted by Gasteiger charge is 2.50. The van der Waals surface area contributed by atoms with Gasteiger partial charge in [-0.25, -0.2) is 0 Å². The van der Waals surface area contributed by atoms with Crippen molar-refractivity contribution in [2.45, 2.75) is 58.3 Å². The van der Waals surface area contributed by atoms with Crippen LogP contribution in [0.25, 0.3) is 0 Å². The molecule has 4 aliphatic carbocycles. The van der Waals surface area contributed by atoms with Crippen LogP contribution in [-0.4, -0.2) is 36.3 Å². The van der Waals surface area contributed by atoms with Gasteiger partial charge in [0.1, 0.15) is 0 Å². The van der Waals surface area contributed by atoms with Crippen molar-refractivity contribution in [2.24, 2.45) is 29.1 Å². The average Bonchev–Trinajstić information content (AvgIpc) is 2.71. The van der Waals surface area contributed by atoms with E-state index in [9.17, 15) is 9.59 Å². The molecule has 1 aliphatic heterocycles. The second-order valence-corrected chi connectivity index (χ2v) is 10.5. The molecular formula is C25H34N2O2. The van der Waals surface area contributed by atoms with E-state index in [0.717, 1.165) is 48.3 Å². The zero-order chi connectivity index (χ0) is 20.0. The third-order valence-corrected chi connectivity index (χ3v) is 8.33. The molecule has 4 bridgehead atoms. The minimum Gasteiger partial charge on any atom is -0.355 e. The third-order valence-electron chi connectivity index (χ3n) is 8.33. The number of amides is 2. The molecule has 6 rings (SSSR count). The van der Waals surface area contributed by atoms with E-state index in [0.29, 0.717) is 18.5 Å². The average molecular weight is 395 g/mol. The van der Waals surface area contributed by atoms with Crippen molar-refractivity contribution in [3.63, 3.8) is 0 Å². The molecule has 1 N–H and O–H groups in total. The number of hydrogen-bond acceptors (Lipinski definition) is 2. The SMILES string of the molecule is Cc1ccccc1C(=O)N1CCC(C(=O)NCC23CC4CC(CC(C4)C2)C3)CC1. The zero-order valence-corrected chi connectivity index (χ0v) is 17.7. The maximum atomic E-state index is 12.9. The van der Waals surface area contributed by atoms with Crippen LogP contribution in [0.3, 0.4) is 0 Å². The van der Waals surface area contributed by atoms with Crippen LogP contribution in [0, 0.1) is 36.0 Å². The van der Waals surface area contributed by atoms with E-state index < -0.39 is 0 Å². The second-order valence-electron chi connectivity index (χ2n) is 10.5. The smallest absolute Gasteiger partial charge is 0.254 e. The molecule has 0 atom stereocenters. The number of benzene rings is 1. The number of carbonyl (C=O) groups is 2. The third kappa shape index (κ3) is 3.71. The molecule has 1 saturated heterocycles. The Kier molecular flexibility index (Phi) is 4.92. The van der Waals surface area contributed by atoms with E-state index >= 15 is 0 Å². The number of hydrogen-bond donors (Lipinski definition) is 1. The van der Waals surface area contributed by atoms with Gasteiger partial charge in [-0.2, -0.15) is 0 Å². The Bertz CT molecular complexity index is 758. The van der Waals surface area contributed by atoms with E-state index in [-0.39, 0.29) is 17.7 Å². The second kappa shape index (κ2) is 7.45. The fraction of sp³-hybridized carbons (Fsp3) is 0.680. The van der Waals surface area contributed by atoms with Gasteiger partial charge in [0.05, 0.1) is 0 Å². The van der Waals surface area contributed by atoms with Gasteiger partial charge in [-0.1, -0.05) is 18.2 Å². The van der Waals surface area contributed by atoms with Crippen LogP contribution < -0.4 is 5.32 Å². The van der Waals surface area contributed by atoms with Gasteiger partial charge in [0.2, 0.25) is 5.91 Å². The van der Waals surface area contributed by atoms with Gasteiger partial charge in [0.25, 0.3) is 5.91 Å². The topological polar surface area (TPSA) is 49.4 Å². The van der Waals surface area contributed by atoms with Crippen molar-refractivity contribution in [2.75, 3.05) is 19.6 Å². The van der Waals surface area contributed by atoms with Crippen molar-refractivity contribution in [3.8, 4) is 0 Å². The molecule has 0 spiro atoms. The summed E-state index contributed by atoms with van der Waals surface area (Å²) in [7, 11) is 0. The first-order chi connectivity index (χ1) is 14.0. The van der Waals surface area contributed by atoms with Crippen LogP contribution in [0.1, 0.15) is 67.3 Å². The fourth-order valence-electron chi connectivity index (χ4n) is 7.25. The molecule has 1 heterocycles. The molecule has 0 aromatic heterocycles. The van der Waals surface area contributed by atoms with Crippen LogP contribution in [0.4, 0.5) is 0 Å². The van der Waals surface area contributed by atoms with Gasteiger partial charge in [-0.15, -0.1) is 0 Å². The Hall–Kier alpha value is -1.84. The lowest BCUT2D eigenvalue weighted by molar-refractivity contribution is -0.128. The molecule has 4 nitrogen and oxygen atoms in total. The quantitative estimate of drug-likeness (QED) is 0.833. The monoisotopic (exact) mass is 394 g/mol. The summed E-state index contributed by atoms with van der Waals surface area (Å²) in [6, 6.07) is 7.77. The first-order valence-corrected chi connectivity index (χ1v) is 11.6. The number of carbonyl (C=O) groups excluding carboxylic acids is 2. The predicted octanol–water partition coefficient (Wildman–Crippen LogP) is 4.18. The maximum Gasteiger partial charge on any atom is 0.254 e. The summed E-state index contributed by atoms with van der Waals surface area (Å²) in [6.45, 7) is 4.24. The van der Waals surface area contributed by atoms with Gasteiger partial charge >= 0.3 is 0 Å². The number of piperidine rings is 1. The van der Waals surface area contributed by atoms with E-state index in [4.69, 9.17) is 0 Å². The van der Waals surface area contributed by atoms with Crippen LogP contribution in [0.5, 0.6) is 0 Å². The minimum absolute atomic E-state index is 0.0600. The number of aryl methyl sites for hydroxylation is 1. The molecule has 0 radical (unpaired) electrons. The Morgan fingerprint density at radius 3 is 2.17 bits per heavy atom. The summed E-state index contributed by atoms with van der Waals surface area (Å²) in [5.74, 6) is 3.17. The van der Waals surface area contributed by atoms with Gasteiger partial charge < -0.3 is 10.2 Å². The van der Waals surface area contributed by atoms with Crippen molar-refractivity contribution in [3.05, 3.63) is 35.4 Å². The lowest BCUT2D eigenvalue weighted by atomic mass is 9.49. The molecule has 1 aromatic rings. The maximum absolute atomic E-state index is 12.9. The molecule has 5 fully saturated rings. The van der Waals surface area contributed by atoms with Crippen LogP contribution in [0.15, 0.2) is 24.3 Å². The molecule has 4 saturated carbocycles. The Morgan fingerprint density at radius 1 is 1.00 bits per heavy atom. The van der Waals surface area contributed by atoms with Gasteiger partial charge in [0, 0.05) is 31.1 Å². The molecule has 2 amide bonds. The fourth-order valence-corrected chi connectivity index (χ4v) is 7.25. The lowest BCUT2D eigenvalue weighted by Crippen LogP contribution is -2.52. The Morgan fingerprint density at radius 2 is 1.59 bits per heavy atom. The van der Waals surface area contributed by atoms with Crippen LogP contribution in [-0.2, 0) is 4.79 Å². The van der Waals surface area contributed by atoms with E-state index in [2.05, 4.69) is 5.32 Å². The molecular weight excluding hydrogens is 360 g/mol. The summed E-state index contributed by atoms with van der Waals surface area (Å²) >= 11 is 0. The lowest BCUT2D eigenvalue weighted by Gasteiger charge is -2.57. The van der Waals surface area contributed by atoms with Crippen LogP contribution in [0.2, 0.25) is 0 Å². The van der Waals surface area contributed by atoms with Gasteiger partial charge in [0.15, 0.2) is 0 Å². The summed E-state index contributed by atoms with van der Waals surface area (Å²) < 4.78 is 0. The summed E-state index contributed by atoms with van der Waals surface area (Å²) in [5.41, 5.74) is 2.21. The first-order valence-electron chi connectivity index (χ1n) is 11.6. The highest BCUT2D eigenvalue weighted by molar-refractivity contribution is 5.95. The summed E-state index contributed by atoms with van der Waals surface area (Å²) in [5, 5.41) is 3.35. The molecule has 0 unspecified atom stereocenters.